The number of carbonyl (C=O) groups is 1. The van der Waals surface area contributed by atoms with Crippen molar-refractivity contribution in [3.8, 4) is 0 Å². The number of likely N-dealkylation sites (tertiary alicyclic amines) is 1. The van der Waals surface area contributed by atoms with Crippen LogP contribution in [0.4, 0.5) is 0 Å². The minimum atomic E-state index is -0.563. The third-order valence-corrected chi connectivity index (χ3v) is 4.34. The van der Waals surface area contributed by atoms with Crippen LogP contribution in [0.2, 0.25) is 0 Å². The van der Waals surface area contributed by atoms with Crippen LogP contribution in [0.25, 0.3) is 11.0 Å². The normalized spacial score (nSPS) is 20.6. The van der Waals surface area contributed by atoms with Gasteiger partial charge < -0.3 is 10.0 Å². The van der Waals surface area contributed by atoms with Gasteiger partial charge in [-0.25, -0.2) is 0 Å². The van der Waals surface area contributed by atoms with Crippen LogP contribution in [-0.4, -0.2) is 60.5 Å². The molecule has 0 radical (unpaired) electrons. The van der Waals surface area contributed by atoms with Gasteiger partial charge >= 0.3 is 0 Å². The number of fused-ring (bicyclic) bond motifs is 1. The van der Waals surface area contributed by atoms with E-state index < -0.39 is 6.10 Å². The van der Waals surface area contributed by atoms with Gasteiger partial charge in [0.05, 0.1) is 11.8 Å². The molecule has 0 aliphatic carbocycles. The third kappa shape index (κ3) is 2.71. The Labute approximate surface area is 137 Å². The first-order valence-corrected chi connectivity index (χ1v) is 7.73. The molecule has 1 fully saturated rings. The Kier molecular flexibility index (Phi) is 3.66. The zero-order valence-corrected chi connectivity index (χ0v) is 12.8. The molecule has 2 N–H and O–H groups in total. The van der Waals surface area contributed by atoms with Gasteiger partial charge in [-0.05, 0) is 24.6 Å². The second kappa shape index (κ2) is 5.97. The third-order valence-electron chi connectivity index (χ3n) is 4.34. The summed E-state index contributed by atoms with van der Waals surface area (Å²) >= 11 is 0. The summed E-state index contributed by atoms with van der Waals surface area (Å²) in [6, 6.07) is 5.20. The van der Waals surface area contributed by atoms with Crippen LogP contribution in [0.15, 0.2) is 36.8 Å². The quantitative estimate of drug-likeness (QED) is 0.723. The summed E-state index contributed by atoms with van der Waals surface area (Å²) in [5.74, 6) is -0.151. The van der Waals surface area contributed by atoms with E-state index in [0.717, 1.165) is 5.69 Å². The highest BCUT2D eigenvalue weighted by Gasteiger charge is 2.34. The number of hydrogen-bond acceptors (Lipinski definition) is 6. The van der Waals surface area contributed by atoms with Crippen LogP contribution >= 0.6 is 0 Å². The number of rotatable bonds is 3. The molecular weight excluding hydrogens is 308 g/mol. The van der Waals surface area contributed by atoms with Gasteiger partial charge in [0.1, 0.15) is 11.0 Å². The molecule has 2 aromatic heterocycles. The number of amides is 1. The van der Waals surface area contributed by atoms with Gasteiger partial charge in [0, 0.05) is 43.2 Å². The molecule has 0 bridgehead atoms. The standard InChI is InChI=1S/C16H16N6O2/c23-15-9-22(8-11(15)5-12-7-17-3-4-18-12)16(24)10-1-2-13-14(6-10)20-21-19-13/h1-4,6-7,11,15,23H,5,8-9H2,(H,19,20,21)/t11-,15-/m1/s1. The number of benzene rings is 1. The highest BCUT2D eigenvalue weighted by atomic mass is 16.3. The first-order chi connectivity index (χ1) is 11.7. The number of aromatic amines is 1. The van der Waals surface area contributed by atoms with Crippen molar-refractivity contribution in [1.82, 2.24) is 30.3 Å². The van der Waals surface area contributed by atoms with E-state index in [1.54, 1.807) is 41.7 Å². The van der Waals surface area contributed by atoms with Crippen molar-refractivity contribution in [2.24, 2.45) is 5.92 Å². The molecule has 24 heavy (non-hydrogen) atoms. The number of aliphatic hydroxyl groups excluding tert-OH is 1. The predicted octanol–water partition coefficient (Wildman–Crippen LogP) is 0.423. The Morgan fingerprint density at radius 1 is 1.25 bits per heavy atom. The van der Waals surface area contributed by atoms with E-state index in [9.17, 15) is 9.90 Å². The number of β-amino-alcohol motifs (C(OH)–C–C–N with tert-alkyl or cyclic N) is 1. The summed E-state index contributed by atoms with van der Waals surface area (Å²) in [5, 5.41) is 20.8. The average molecular weight is 324 g/mol. The Morgan fingerprint density at radius 2 is 2.12 bits per heavy atom. The SMILES string of the molecule is O=C(c1ccc2n[nH]nc2c1)N1C[C@@H](Cc2cnccn2)[C@H](O)C1. The Balaban J connectivity index is 1.49. The van der Waals surface area contributed by atoms with Gasteiger partial charge in [-0.3, -0.25) is 14.8 Å². The second-order valence-corrected chi connectivity index (χ2v) is 5.97. The zero-order chi connectivity index (χ0) is 16.5. The predicted molar refractivity (Wildman–Crippen MR) is 85.0 cm³/mol. The molecule has 3 heterocycles. The van der Waals surface area contributed by atoms with Crippen LogP contribution in [0.3, 0.4) is 0 Å². The molecule has 122 valence electrons. The fourth-order valence-electron chi connectivity index (χ4n) is 3.08. The number of aromatic nitrogens is 5. The Bertz CT molecular complexity index is 865. The lowest BCUT2D eigenvalue weighted by molar-refractivity contribution is 0.0765. The fraction of sp³-hybridized carbons (Fsp3) is 0.312. The molecule has 1 aliphatic rings. The summed E-state index contributed by atoms with van der Waals surface area (Å²) in [6.07, 6.45) is 4.97. The van der Waals surface area contributed by atoms with E-state index in [4.69, 9.17) is 0 Å². The number of nitrogens with zero attached hydrogens (tertiary/aromatic N) is 5. The minimum absolute atomic E-state index is 0.0403. The van der Waals surface area contributed by atoms with Crippen LogP contribution in [0, 0.1) is 5.92 Å². The average Bonchev–Trinajstić information content (AvgIpc) is 3.21. The van der Waals surface area contributed by atoms with Gasteiger partial charge in [0.2, 0.25) is 0 Å². The van der Waals surface area contributed by atoms with Crippen molar-refractivity contribution >= 4 is 16.9 Å². The van der Waals surface area contributed by atoms with Crippen LogP contribution in [-0.2, 0) is 6.42 Å². The lowest BCUT2D eigenvalue weighted by Gasteiger charge is -2.16. The molecule has 0 unspecified atom stereocenters. The number of hydrogen-bond donors (Lipinski definition) is 2. The maximum absolute atomic E-state index is 12.7. The van der Waals surface area contributed by atoms with Gasteiger partial charge in [-0.15, -0.1) is 0 Å². The molecule has 8 nitrogen and oxygen atoms in total. The molecule has 2 atom stereocenters. The molecule has 1 aliphatic heterocycles. The van der Waals surface area contributed by atoms with Crippen molar-refractivity contribution < 1.29 is 9.90 Å². The van der Waals surface area contributed by atoms with Crippen LogP contribution < -0.4 is 0 Å². The number of H-pyrrole nitrogens is 1. The number of carbonyl (C=O) groups excluding carboxylic acids is 1. The molecule has 1 amide bonds. The van der Waals surface area contributed by atoms with E-state index in [-0.39, 0.29) is 11.8 Å². The first kappa shape index (κ1) is 14.7. The largest absolute Gasteiger partial charge is 0.391 e. The minimum Gasteiger partial charge on any atom is -0.391 e. The molecule has 0 saturated carbocycles. The van der Waals surface area contributed by atoms with Crippen LogP contribution in [0.5, 0.6) is 0 Å². The van der Waals surface area contributed by atoms with Gasteiger partial charge in [-0.2, -0.15) is 15.4 Å². The molecular formula is C16H16N6O2. The molecule has 1 saturated heterocycles. The molecule has 0 spiro atoms. The summed E-state index contributed by atoms with van der Waals surface area (Å²) in [6.45, 7) is 0.814. The van der Waals surface area contributed by atoms with E-state index >= 15 is 0 Å². The van der Waals surface area contributed by atoms with Crippen molar-refractivity contribution in [2.45, 2.75) is 12.5 Å². The summed E-state index contributed by atoms with van der Waals surface area (Å²) in [4.78, 5) is 22.6. The smallest absolute Gasteiger partial charge is 0.254 e. The van der Waals surface area contributed by atoms with Crippen LogP contribution in [0.1, 0.15) is 16.1 Å². The van der Waals surface area contributed by atoms with Gasteiger partial charge in [-0.1, -0.05) is 0 Å². The van der Waals surface area contributed by atoms with E-state index in [2.05, 4.69) is 25.4 Å². The van der Waals surface area contributed by atoms with Gasteiger partial charge in [0.15, 0.2) is 0 Å². The Hall–Kier alpha value is -2.87. The molecule has 3 aromatic rings. The Morgan fingerprint density at radius 3 is 2.96 bits per heavy atom. The topological polar surface area (TPSA) is 108 Å². The van der Waals surface area contributed by atoms with Crippen molar-refractivity contribution in [3.63, 3.8) is 0 Å². The maximum atomic E-state index is 12.7. The van der Waals surface area contributed by atoms with Crippen molar-refractivity contribution in [2.75, 3.05) is 13.1 Å². The van der Waals surface area contributed by atoms with Gasteiger partial charge in [0.25, 0.3) is 5.91 Å². The monoisotopic (exact) mass is 324 g/mol. The molecule has 4 rings (SSSR count). The second-order valence-electron chi connectivity index (χ2n) is 5.97. The highest BCUT2D eigenvalue weighted by molar-refractivity contribution is 5.97. The summed E-state index contributed by atoms with van der Waals surface area (Å²) < 4.78 is 0. The lowest BCUT2D eigenvalue weighted by Crippen LogP contribution is -2.29. The van der Waals surface area contributed by atoms with Crippen molar-refractivity contribution in [3.05, 3.63) is 48.0 Å². The maximum Gasteiger partial charge on any atom is 0.254 e. The molecule has 8 heteroatoms. The summed E-state index contributed by atoms with van der Waals surface area (Å²) in [5.41, 5.74) is 2.73. The van der Waals surface area contributed by atoms with E-state index in [0.29, 0.717) is 36.1 Å². The van der Waals surface area contributed by atoms with E-state index in [1.807, 2.05) is 0 Å². The number of aliphatic hydroxyl groups is 1. The first-order valence-electron chi connectivity index (χ1n) is 7.73. The number of nitrogens with one attached hydrogen (secondary N) is 1. The van der Waals surface area contributed by atoms with Crippen molar-refractivity contribution in [1.29, 1.82) is 0 Å². The molecule has 1 aromatic carbocycles. The fourth-order valence-corrected chi connectivity index (χ4v) is 3.08. The summed E-state index contributed by atoms with van der Waals surface area (Å²) in [7, 11) is 0. The highest BCUT2D eigenvalue weighted by Crippen LogP contribution is 2.23. The lowest BCUT2D eigenvalue weighted by atomic mass is 10.0. The van der Waals surface area contributed by atoms with E-state index in [1.165, 1.54) is 0 Å². The zero-order valence-electron chi connectivity index (χ0n) is 12.8.